The Hall–Kier alpha value is -3.66. The van der Waals surface area contributed by atoms with E-state index in [4.69, 9.17) is 4.74 Å². The Bertz CT molecular complexity index is 1040. The Kier molecular flexibility index (Phi) is 5.93. The highest BCUT2D eigenvalue weighted by molar-refractivity contribution is 8.18. The minimum atomic E-state index is -0.687. The lowest BCUT2D eigenvalue weighted by molar-refractivity contribution is -0.385. The van der Waals surface area contributed by atoms with Crippen molar-refractivity contribution >= 4 is 46.3 Å². The van der Waals surface area contributed by atoms with Crippen molar-refractivity contribution in [3.8, 4) is 5.75 Å². The fourth-order valence-corrected chi connectivity index (χ4v) is 3.46. The van der Waals surface area contributed by atoms with Crippen LogP contribution in [0, 0.1) is 10.1 Å². The number of rotatable bonds is 6. The molecule has 0 atom stereocenters. The first-order valence-corrected chi connectivity index (χ1v) is 9.14. The largest absolute Gasteiger partial charge is 0.495 e. The lowest BCUT2D eigenvalue weighted by atomic mass is 10.1. The fraction of sp³-hybridized carbons (Fsp3) is 0.105. The highest BCUT2D eigenvalue weighted by atomic mass is 32.2. The Morgan fingerprint density at radius 2 is 1.90 bits per heavy atom. The predicted octanol–water partition coefficient (Wildman–Crippen LogP) is 3.28. The number of thioether (sulfide) groups is 1. The van der Waals surface area contributed by atoms with Crippen molar-refractivity contribution in [2.75, 3.05) is 19.0 Å². The van der Waals surface area contributed by atoms with Gasteiger partial charge in [0.15, 0.2) is 0 Å². The average molecular weight is 413 g/mol. The number of carbonyl (C=O) groups is 3. The quantitative estimate of drug-likeness (QED) is 0.438. The Balaban J connectivity index is 1.76. The van der Waals surface area contributed by atoms with E-state index in [1.807, 2.05) is 0 Å². The molecule has 1 fully saturated rings. The van der Waals surface area contributed by atoms with Crippen LogP contribution in [0.2, 0.25) is 0 Å². The maximum absolute atomic E-state index is 12.6. The summed E-state index contributed by atoms with van der Waals surface area (Å²) >= 11 is 0.624. The number of amides is 3. The van der Waals surface area contributed by atoms with Crippen LogP contribution in [0.3, 0.4) is 0 Å². The molecule has 0 spiro atoms. The van der Waals surface area contributed by atoms with Crippen molar-refractivity contribution in [2.45, 2.75) is 0 Å². The Morgan fingerprint density at radius 3 is 2.62 bits per heavy atom. The van der Waals surface area contributed by atoms with Gasteiger partial charge in [-0.3, -0.25) is 29.4 Å². The third-order valence-electron chi connectivity index (χ3n) is 3.98. The molecule has 10 heteroatoms. The van der Waals surface area contributed by atoms with E-state index in [9.17, 15) is 24.5 Å². The highest BCUT2D eigenvalue weighted by Gasteiger charge is 2.36. The molecular weight excluding hydrogens is 398 g/mol. The molecular formula is C19H15N3O6S. The highest BCUT2D eigenvalue weighted by Crippen LogP contribution is 2.34. The molecule has 0 unspecified atom stereocenters. The smallest absolute Gasteiger partial charge is 0.294 e. The summed E-state index contributed by atoms with van der Waals surface area (Å²) in [6.07, 6.45) is 1.28. The number of benzene rings is 2. The zero-order chi connectivity index (χ0) is 21.0. The van der Waals surface area contributed by atoms with Gasteiger partial charge in [0.25, 0.3) is 16.8 Å². The first-order valence-electron chi connectivity index (χ1n) is 8.32. The summed E-state index contributed by atoms with van der Waals surface area (Å²) in [5.74, 6) is -0.830. The van der Waals surface area contributed by atoms with Gasteiger partial charge in [0.05, 0.1) is 28.2 Å². The summed E-state index contributed by atoms with van der Waals surface area (Å²) in [7, 11) is 1.45. The second-order valence-corrected chi connectivity index (χ2v) is 6.83. The van der Waals surface area contributed by atoms with Crippen LogP contribution in [-0.4, -0.2) is 40.5 Å². The summed E-state index contributed by atoms with van der Waals surface area (Å²) in [5.41, 5.74) is 0.414. The average Bonchev–Trinajstić information content (AvgIpc) is 2.96. The van der Waals surface area contributed by atoms with Gasteiger partial charge in [-0.2, -0.15) is 0 Å². The number of imide groups is 1. The van der Waals surface area contributed by atoms with E-state index in [1.165, 1.54) is 31.4 Å². The van der Waals surface area contributed by atoms with Crippen molar-refractivity contribution in [1.82, 2.24) is 4.90 Å². The Labute approximate surface area is 169 Å². The summed E-state index contributed by atoms with van der Waals surface area (Å²) < 4.78 is 5.14. The van der Waals surface area contributed by atoms with Crippen molar-refractivity contribution < 1.29 is 24.0 Å². The topological polar surface area (TPSA) is 119 Å². The molecule has 3 amide bonds. The zero-order valence-corrected chi connectivity index (χ0v) is 16.0. The van der Waals surface area contributed by atoms with Gasteiger partial charge in [0.1, 0.15) is 12.3 Å². The van der Waals surface area contributed by atoms with Gasteiger partial charge < -0.3 is 10.1 Å². The third kappa shape index (κ3) is 4.43. The number of anilines is 1. The number of carbonyl (C=O) groups excluding carboxylic acids is 3. The van der Waals surface area contributed by atoms with E-state index in [0.717, 1.165) is 4.90 Å². The second-order valence-electron chi connectivity index (χ2n) is 5.83. The van der Waals surface area contributed by atoms with Gasteiger partial charge in [0, 0.05) is 6.07 Å². The van der Waals surface area contributed by atoms with E-state index in [1.54, 1.807) is 30.3 Å². The molecule has 3 rings (SSSR count). The first-order chi connectivity index (χ1) is 13.9. The maximum Gasteiger partial charge on any atom is 0.294 e. The number of nitrogens with one attached hydrogen (secondary N) is 1. The number of hydrogen-bond donors (Lipinski definition) is 1. The maximum atomic E-state index is 12.6. The molecule has 1 heterocycles. The van der Waals surface area contributed by atoms with Gasteiger partial charge in [-0.1, -0.05) is 24.3 Å². The monoisotopic (exact) mass is 413 g/mol. The van der Waals surface area contributed by atoms with Crippen molar-refractivity contribution in [2.24, 2.45) is 0 Å². The lowest BCUT2D eigenvalue weighted by Crippen LogP contribution is -2.36. The van der Waals surface area contributed by atoms with E-state index in [-0.39, 0.29) is 16.2 Å². The molecule has 148 valence electrons. The SMILES string of the molecule is COc1ccccc1NC(=O)CN1C(=O)S/C(=C/c2ccccc2[N+](=O)[O-])C1=O. The van der Waals surface area contributed by atoms with E-state index >= 15 is 0 Å². The molecule has 1 aliphatic heterocycles. The molecule has 0 saturated carbocycles. The lowest BCUT2D eigenvalue weighted by Gasteiger charge is -2.14. The van der Waals surface area contributed by atoms with Crippen LogP contribution < -0.4 is 10.1 Å². The van der Waals surface area contributed by atoms with Gasteiger partial charge >= 0.3 is 0 Å². The molecule has 0 aliphatic carbocycles. The minimum Gasteiger partial charge on any atom is -0.495 e. The third-order valence-corrected chi connectivity index (χ3v) is 4.88. The molecule has 0 bridgehead atoms. The normalized spacial score (nSPS) is 14.9. The molecule has 29 heavy (non-hydrogen) atoms. The number of methoxy groups -OCH3 is 1. The first kappa shape index (κ1) is 20.1. The molecule has 2 aromatic carbocycles. The number of nitro benzene ring substituents is 1. The zero-order valence-electron chi connectivity index (χ0n) is 15.2. The van der Waals surface area contributed by atoms with Crippen LogP contribution in [0.4, 0.5) is 16.2 Å². The van der Waals surface area contributed by atoms with Gasteiger partial charge in [-0.15, -0.1) is 0 Å². The molecule has 9 nitrogen and oxygen atoms in total. The fourth-order valence-electron chi connectivity index (χ4n) is 2.63. The summed E-state index contributed by atoms with van der Waals surface area (Å²) in [5, 5.41) is 13.1. The van der Waals surface area contributed by atoms with E-state index in [0.29, 0.717) is 23.2 Å². The second kappa shape index (κ2) is 8.57. The standard InChI is InChI=1S/C19H15N3O6S/c1-28-15-9-5-3-7-13(15)20-17(23)11-21-18(24)16(29-19(21)25)10-12-6-2-4-8-14(12)22(26)27/h2-10H,11H2,1H3,(H,20,23)/b16-10+. The molecule has 1 saturated heterocycles. The van der Waals surface area contributed by atoms with Crippen LogP contribution in [0.25, 0.3) is 6.08 Å². The summed E-state index contributed by atoms with van der Waals surface area (Å²) in [6.45, 7) is -0.489. The van der Waals surface area contributed by atoms with Crippen LogP contribution >= 0.6 is 11.8 Å². The van der Waals surface area contributed by atoms with Crippen LogP contribution in [0.5, 0.6) is 5.75 Å². The van der Waals surface area contributed by atoms with E-state index in [2.05, 4.69) is 5.32 Å². The number of hydrogen-bond acceptors (Lipinski definition) is 7. The molecule has 1 aliphatic rings. The van der Waals surface area contributed by atoms with Crippen molar-refractivity contribution in [3.05, 3.63) is 69.1 Å². The van der Waals surface area contributed by atoms with E-state index < -0.39 is 28.5 Å². The molecule has 0 aromatic heterocycles. The van der Waals surface area contributed by atoms with Crippen molar-refractivity contribution in [3.63, 3.8) is 0 Å². The van der Waals surface area contributed by atoms with Crippen LogP contribution in [0.15, 0.2) is 53.4 Å². The Morgan fingerprint density at radius 1 is 1.21 bits per heavy atom. The number of nitro groups is 1. The molecule has 2 aromatic rings. The van der Waals surface area contributed by atoms with Gasteiger partial charge in [-0.25, -0.2) is 0 Å². The van der Waals surface area contributed by atoms with Crippen LogP contribution in [0.1, 0.15) is 5.56 Å². The minimum absolute atomic E-state index is 0.00870. The van der Waals surface area contributed by atoms with Crippen LogP contribution in [-0.2, 0) is 9.59 Å². The molecule has 0 radical (unpaired) electrons. The summed E-state index contributed by atoms with van der Waals surface area (Å²) in [4.78, 5) is 48.4. The van der Waals surface area contributed by atoms with Gasteiger partial charge in [0.2, 0.25) is 5.91 Å². The number of para-hydroxylation sites is 3. The van der Waals surface area contributed by atoms with Gasteiger partial charge in [-0.05, 0) is 36.0 Å². The number of nitrogens with zero attached hydrogens (tertiary/aromatic N) is 2. The van der Waals surface area contributed by atoms with Crippen molar-refractivity contribution in [1.29, 1.82) is 0 Å². The molecule has 1 N–H and O–H groups in total. The predicted molar refractivity (Wildman–Crippen MR) is 107 cm³/mol. The summed E-state index contributed by atoms with van der Waals surface area (Å²) in [6, 6.07) is 12.6. The number of ether oxygens (including phenoxy) is 1.